The van der Waals surface area contributed by atoms with Crippen LogP contribution in [0.3, 0.4) is 0 Å². The fourth-order valence-corrected chi connectivity index (χ4v) is 28.5. The molecule has 0 heterocycles. The first kappa shape index (κ1) is 17.4. The van der Waals surface area contributed by atoms with Crippen molar-refractivity contribution in [3.05, 3.63) is 42.0 Å². The molecular weight excluding hydrogens is 351 g/mol. The van der Waals surface area contributed by atoms with Gasteiger partial charge in [0, 0.05) is 0 Å². The summed E-state index contributed by atoms with van der Waals surface area (Å²) in [7, 11) is 1.98. The van der Waals surface area contributed by atoms with Gasteiger partial charge in [-0.15, -0.1) is 0 Å². The molecule has 0 aromatic carbocycles. The Labute approximate surface area is 129 Å². The molecule has 2 rings (SSSR count). The van der Waals surface area contributed by atoms with E-state index in [0.717, 1.165) is 12.8 Å². The van der Waals surface area contributed by atoms with Crippen molar-refractivity contribution in [3.8, 4) is 0 Å². The largest absolute Gasteiger partial charge is 1.00 e. The van der Waals surface area contributed by atoms with Gasteiger partial charge in [-0.1, -0.05) is 0 Å². The van der Waals surface area contributed by atoms with E-state index in [1.165, 1.54) is 11.1 Å². The average molecular weight is 375 g/mol. The summed E-state index contributed by atoms with van der Waals surface area (Å²) in [5.74, 6) is -0.798. The average Bonchev–Trinajstić information content (AvgIpc) is 2.90. The Bertz CT molecular complexity index is 439. The van der Waals surface area contributed by atoms with Gasteiger partial charge in [-0.2, -0.15) is 0 Å². The van der Waals surface area contributed by atoms with E-state index in [1.807, 2.05) is 7.11 Å². The topological polar surface area (TPSA) is 9.23 Å². The zero-order valence-electron chi connectivity index (χ0n) is 12.6. The number of rotatable bonds is 4. The number of hydrogen-bond donors (Lipinski definition) is 0. The maximum absolute atomic E-state index is 6.33. The Morgan fingerprint density at radius 3 is 1.63 bits per heavy atom. The first-order valence-electron chi connectivity index (χ1n) is 6.81. The van der Waals surface area contributed by atoms with Crippen LogP contribution < -0.4 is 12.4 Å². The smallest absolute Gasteiger partial charge is 1.00 e. The van der Waals surface area contributed by atoms with Crippen LogP contribution in [0.25, 0.3) is 0 Å². The summed E-state index contributed by atoms with van der Waals surface area (Å²) in [5, 5.41) is 0. The van der Waals surface area contributed by atoms with E-state index in [9.17, 15) is 0 Å². The molecule has 0 N–H and O–H groups in total. The molecular formula is C15H24ClOSiZr. The van der Waals surface area contributed by atoms with Crippen molar-refractivity contribution in [2.75, 3.05) is 7.11 Å². The zero-order valence-corrected chi connectivity index (χ0v) is 17.0. The van der Waals surface area contributed by atoms with Crippen LogP contribution in [0.2, 0.25) is 13.1 Å². The van der Waals surface area contributed by atoms with Crippen molar-refractivity contribution >= 4 is 5.92 Å². The summed E-state index contributed by atoms with van der Waals surface area (Å²) >= 11 is -2.69. The summed E-state index contributed by atoms with van der Waals surface area (Å²) in [4.78, 5) is 0. The molecule has 0 saturated heterocycles. The van der Waals surface area contributed by atoms with Crippen LogP contribution in [0.4, 0.5) is 0 Å². The Balaban J connectivity index is 0.00000180. The maximum atomic E-state index is 6.33. The van der Waals surface area contributed by atoms with Crippen molar-refractivity contribution in [1.82, 2.24) is 0 Å². The molecule has 105 valence electrons. The van der Waals surface area contributed by atoms with Gasteiger partial charge in [-0.25, -0.2) is 0 Å². The van der Waals surface area contributed by atoms with Crippen molar-refractivity contribution in [3.63, 3.8) is 0 Å². The Kier molecular flexibility index (Phi) is 6.26. The van der Waals surface area contributed by atoms with Crippen LogP contribution in [-0.4, -0.2) is 13.0 Å². The fraction of sp³-hybridized carbons (Fsp3) is 0.467. The number of hydrogen-bond acceptors (Lipinski definition) is 1. The van der Waals surface area contributed by atoms with E-state index < -0.39 is 25.8 Å². The summed E-state index contributed by atoms with van der Waals surface area (Å²) in [5.41, 5.74) is 2.86. The molecule has 0 fully saturated rings. The molecule has 0 atom stereocenters. The van der Waals surface area contributed by atoms with Crippen molar-refractivity contribution in [2.45, 2.75) is 39.8 Å². The molecule has 0 aromatic rings. The maximum Gasteiger partial charge on any atom is -1.00 e. The second kappa shape index (κ2) is 6.85. The first-order valence-corrected chi connectivity index (χ1v) is 17.4. The molecule has 19 heavy (non-hydrogen) atoms. The van der Waals surface area contributed by atoms with Gasteiger partial charge in [0.1, 0.15) is 0 Å². The SMILES string of the molecule is C[O][Zr+]([C]1=CC(C)=CC1)([C]1=CC(C)=CC1)[SiH](C)C.[Cl-]. The molecule has 2 aliphatic rings. The Morgan fingerprint density at radius 2 is 1.42 bits per heavy atom. The molecule has 0 aliphatic heterocycles. The molecule has 0 saturated carbocycles. The van der Waals surface area contributed by atoms with Gasteiger partial charge in [0.2, 0.25) is 0 Å². The minimum absolute atomic E-state index is 0. The molecule has 0 unspecified atom stereocenters. The molecule has 0 radical (unpaired) electrons. The second-order valence-corrected chi connectivity index (χ2v) is 29.1. The van der Waals surface area contributed by atoms with E-state index in [1.54, 1.807) is 6.56 Å². The van der Waals surface area contributed by atoms with Crippen LogP contribution in [0.1, 0.15) is 26.7 Å². The Morgan fingerprint density at radius 1 is 1.00 bits per heavy atom. The Hall–Kier alpha value is 0.310. The van der Waals surface area contributed by atoms with Gasteiger partial charge in [-0.3, -0.25) is 0 Å². The fourth-order valence-electron chi connectivity index (χ4n) is 3.29. The third-order valence-corrected chi connectivity index (χ3v) is 31.6. The monoisotopic (exact) mass is 373 g/mol. The predicted molar refractivity (Wildman–Crippen MR) is 78.8 cm³/mol. The minimum Gasteiger partial charge on any atom is -1.00 e. The molecule has 0 aromatic heterocycles. The quantitative estimate of drug-likeness (QED) is 0.671. The zero-order chi connectivity index (χ0) is 13.3. The molecule has 1 nitrogen and oxygen atoms in total. The summed E-state index contributed by atoms with van der Waals surface area (Å²) in [6, 6.07) is 0. The summed E-state index contributed by atoms with van der Waals surface area (Å²) in [6.07, 6.45) is 11.9. The summed E-state index contributed by atoms with van der Waals surface area (Å²) < 4.78 is 9.69. The normalized spacial score (nSPS) is 18.8. The number of allylic oxidation sites excluding steroid dienone is 8. The van der Waals surface area contributed by atoms with Crippen molar-refractivity contribution < 1.29 is 35.1 Å². The van der Waals surface area contributed by atoms with Gasteiger partial charge in [0.05, 0.1) is 0 Å². The molecule has 4 heteroatoms. The minimum atomic E-state index is -2.69. The second-order valence-electron chi connectivity index (χ2n) is 5.74. The van der Waals surface area contributed by atoms with Crippen molar-refractivity contribution in [2.24, 2.45) is 0 Å². The van der Waals surface area contributed by atoms with Crippen LogP contribution in [0, 0.1) is 0 Å². The van der Waals surface area contributed by atoms with E-state index in [0.29, 0.717) is 0 Å². The van der Waals surface area contributed by atoms with Crippen molar-refractivity contribution in [1.29, 1.82) is 0 Å². The predicted octanol–water partition coefficient (Wildman–Crippen LogP) is 1.16. The summed E-state index contributed by atoms with van der Waals surface area (Å²) in [6.45, 7) is 9.41. The van der Waals surface area contributed by atoms with E-state index in [2.05, 4.69) is 51.2 Å². The molecule has 0 bridgehead atoms. The standard InChI is InChI=1S/2C6H7.C2H7Si.CH3O.ClH.Zr/c2*1-6-4-2-3-5-6;1-3-2;1-2;;/h2*4-5H,2H2,1H3;3H,1-2H3;1H3;1H;/q;;;-1;;+2/p-1. The van der Waals surface area contributed by atoms with Crippen LogP contribution in [0.15, 0.2) is 42.0 Å². The van der Waals surface area contributed by atoms with E-state index in [-0.39, 0.29) is 12.4 Å². The van der Waals surface area contributed by atoms with Crippen LogP contribution in [-0.2, 0) is 22.7 Å². The van der Waals surface area contributed by atoms with E-state index >= 15 is 0 Å². The van der Waals surface area contributed by atoms with Gasteiger partial charge in [0.25, 0.3) is 0 Å². The van der Waals surface area contributed by atoms with Gasteiger partial charge in [0.15, 0.2) is 0 Å². The molecule has 0 spiro atoms. The van der Waals surface area contributed by atoms with Crippen LogP contribution >= 0.6 is 0 Å². The first-order chi connectivity index (χ1) is 8.50. The van der Waals surface area contributed by atoms with Gasteiger partial charge < -0.3 is 12.4 Å². The van der Waals surface area contributed by atoms with Gasteiger partial charge in [-0.05, 0) is 0 Å². The molecule has 2 aliphatic carbocycles. The molecule has 0 amide bonds. The third-order valence-electron chi connectivity index (χ3n) is 4.18. The van der Waals surface area contributed by atoms with Crippen LogP contribution in [0.5, 0.6) is 0 Å². The van der Waals surface area contributed by atoms with E-state index in [4.69, 9.17) is 2.81 Å². The number of halogens is 1. The third kappa shape index (κ3) is 3.15. The van der Waals surface area contributed by atoms with Gasteiger partial charge >= 0.3 is 118 Å².